The number of hydrogen-bond acceptors (Lipinski definition) is 1. The topological polar surface area (TPSA) is 32.3 Å². The van der Waals surface area contributed by atoms with Gasteiger partial charge >= 0.3 is 6.03 Å². The van der Waals surface area contributed by atoms with E-state index in [0.717, 1.165) is 11.3 Å². The number of nitrogens with one attached hydrogen (secondary N) is 1. The normalized spacial score (nSPS) is 10.2. The second-order valence-electron chi connectivity index (χ2n) is 4.75. The van der Waals surface area contributed by atoms with Gasteiger partial charge < -0.3 is 10.2 Å². The van der Waals surface area contributed by atoms with E-state index in [-0.39, 0.29) is 18.4 Å². The van der Waals surface area contributed by atoms with Gasteiger partial charge in [0.05, 0.1) is 0 Å². The Labute approximate surface area is 118 Å². The van der Waals surface area contributed by atoms with Crippen LogP contribution in [0.4, 0.5) is 14.9 Å². The van der Waals surface area contributed by atoms with Gasteiger partial charge in [-0.3, -0.25) is 0 Å². The summed E-state index contributed by atoms with van der Waals surface area (Å²) < 4.78 is 13.5. The highest BCUT2D eigenvalue weighted by Crippen LogP contribution is 2.12. The minimum absolute atomic E-state index is 0.227. The lowest BCUT2D eigenvalue weighted by molar-refractivity contribution is 0.220. The zero-order valence-electron chi connectivity index (χ0n) is 11.6. The van der Waals surface area contributed by atoms with Crippen LogP contribution in [0.2, 0.25) is 0 Å². The SMILES string of the molecule is Cc1cccc(NC(=O)N(C)Cc2ccccc2F)c1. The third-order valence-electron chi connectivity index (χ3n) is 2.98. The van der Waals surface area contributed by atoms with Crippen molar-refractivity contribution >= 4 is 11.7 Å². The predicted octanol–water partition coefficient (Wildman–Crippen LogP) is 3.80. The van der Waals surface area contributed by atoms with Crippen LogP contribution in [0, 0.1) is 12.7 Å². The van der Waals surface area contributed by atoms with Crippen molar-refractivity contribution in [2.75, 3.05) is 12.4 Å². The molecule has 104 valence electrons. The lowest BCUT2D eigenvalue weighted by Gasteiger charge is -2.18. The Bertz CT molecular complexity index is 613. The van der Waals surface area contributed by atoms with E-state index in [1.807, 2.05) is 31.2 Å². The third-order valence-corrected chi connectivity index (χ3v) is 2.98. The van der Waals surface area contributed by atoms with E-state index in [1.54, 1.807) is 25.2 Å². The molecule has 2 aromatic carbocycles. The van der Waals surface area contributed by atoms with Crippen LogP contribution in [0.3, 0.4) is 0 Å². The standard InChI is InChI=1S/C16H17FN2O/c1-12-6-5-8-14(10-12)18-16(20)19(2)11-13-7-3-4-9-15(13)17/h3-10H,11H2,1-2H3,(H,18,20). The molecule has 0 bridgehead atoms. The smallest absolute Gasteiger partial charge is 0.321 e. The lowest BCUT2D eigenvalue weighted by atomic mass is 10.2. The number of hydrogen-bond donors (Lipinski definition) is 1. The molecule has 0 unspecified atom stereocenters. The molecule has 0 atom stereocenters. The Balaban J connectivity index is 2.01. The van der Waals surface area contributed by atoms with Crippen LogP contribution in [0.1, 0.15) is 11.1 Å². The van der Waals surface area contributed by atoms with Gasteiger partial charge in [-0.2, -0.15) is 0 Å². The van der Waals surface area contributed by atoms with Crippen LogP contribution in [0.5, 0.6) is 0 Å². The Kier molecular flexibility index (Phi) is 4.35. The summed E-state index contributed by atoms with van der Waals surface area (Å²) in [6.07, 6.45) is 0. The molecule has 0 fully saturated rings. The maximum Gasteiger partial charge on any atom is 0.321 e. The van der Waals surface area contributed by atoms with Crippen molar-refractivity contribution in [1.29, 1.82) is 0 Å². The average Bonchev–Trinajstić information content (AvgIpc) is 2.41. The molecule has 0 aliphatic carbocycles. The summed E-state index contributed by atoms with van der Waals surface area (Å²) in [6.45, 7) is 2.18. The summed E-state index contributed by atoms with van der Waals surface area (Å²) in [7, 11) is 1.64. The van der Waals surface area contributed by atoms with Gasteiger partial charge in [0.2, 0.25) is 0 Å². The molecular weight excluding hydrogens is 255 g/mol. The first kappa shape index (κ1) is 14.1. The Morgan fingerprint density at radius 1 is 1.20 bits per heavy atom. The summed E-state index contributed by atoms with van der Waals surface area (Å²) in [5.74, 6) is -0.303. The average molecular weight is 272 g/mol. The van der Waals surface area contributed by atoms with Crippen molar-refractivity contribution in [3.05, 3.63) is 65.5 Å². The number of urea groups is 1. The molecular formula is C16H17FN2O. The largest absolute Gasteiger partial charge is 0.323 e. The van der Waals surface area contributed by atoms with Crippen molar-refractivity contribution < 1.29 is 9.18 Å². The second-order valence-corrected chi connectivity index (χ2v) is 4.75. The molecule has 4 heteroatoms. The minimum Gasteiger partial charge on any atom is -0.323 e. The van der Waals surface area contributed by atoms with Crippen LogP contribution >= 0.6 is 0 Å². The Morgan fingerprint density at radius 3 is 2.65 bits per heavy atom. The number of benzene rings is 2. The van der Waals surface area contributed by atoms with E-state index in [2.05, 4.69) is 5.32 Å². The minimum atomic E-state index is -0.303. The van der Waals surface area contributed by atoms with Crippen molar-refractivity contribution in [2.45, 2.75) is 13.5 Å². The van der Waals surface area contributed by atoms with E-state index < -0.39 is 0 Å². The first-order valence-electron chi connectivity index (χ1n) is 6.38. The molecule has 1 N–H and O–H groups in total. The maximum absolute atomic E-state index is 13.5. The van der Waals surface area contributed by atoms with E-state index in [0.29, 0.717) is 5.56 Å². The molecule has 2 aromatic rings. The first-order valence-corrected chi connectivity index (χ1v) is 6.38. The highest BCUT2D eigenvalue weighted by Gasteiger charge is 2.11. The molecule has 0 saturated heterocycles. The molecule has 2 rings (SSSR count). The van der Waals surface area contributed by atoms with Crippen molar-refractivity contribution in [2.24, 2.45) is 0 Å². The van der Waals surface area contributed by atoms with Crippen molar-refractivity contribution in [3.8, 4) is 0 Å². The molecule has 0 aromatic heterocycles. The zero-order chi connectivity index (χ0) is 14.5. The van der Waals surface area contributed by atoms with Crippen LogP contribution in [-0.4, -0.2) is 18.0 Å². The molecule has 20 heavy (non-hydrogen) atoms. The van der Waals surface area contributed by atoms with Gasteiger partial charge in [-0.1, -0.05) is 30.3 Å². The molecule has 0 spiro atoms. The lowest BCUT2D eigenvalue weighted by Crippen LogP contribution is -2.31. The summed E-state index contributed by atoms with van der Waals surface area (Å²) in [6, 6.07) is 13.7. The maximum atomic E-state index is 13.5. The molecule has 3 nitrogen and oxygen atoms in total. The fourth-order valence-corrected chi connectivity index (χ4v) is 1.90. The van der Waals surface area contributed by atoms with Crippen LogP contribution in [0.25, 0.3) is 0 Å². The van der Waals surface area contributed by atoms with Crippen LogP contribution in [-0.2, 0) is 6.54 Å². The Morgan fingerprint density at radius 2 is 1.95 bits per heavy atom. The van der Waals surface area contributed by atoms with Gasteiger partial charge in [0, 0.05) is 24.8 Å². The fraction of sp³-hybridized carbons (Fsp3) is 0.188. The van der Waals surface area contributed by atoms with Gasteiger partial charge in [0.15, 0.2) is 0 Å². The molecule has 0 aliphatic rings. The van der Waals surface area contributed by atoms with Crippen LogP contribution in [0.15, 0.2) is 48.5 Å². The fourth-order valence-electron chi connectivity index (χ4n) is 1.90. The first-order chi connectivity index (χ1) is 9.56. The quantitative estimate of drug-likeness (QED) is 0.905. The van der Waals surface area contributed by atoms with E-state index in [4.69, 9.17) is 0 Å². The second kappa shape index (κ2) is 6.19. The molecule has 0 saturated carbocycles. The third kappa shape index (κ3) is 3.57. The number of halogens is 1. The number of aryl methyl sites for hydroxylation is 1. The van der Waals surface area contributed by atoms with Gasteiger partial charge in [0.1, 0.15) is 5.82 Å². The Hall–Kier alpha value is -2.36. The number of nitrogens with zero attached hydrogens (tertiary/aromatic N) is 1. The van der Waals surface area contributed by atoms with Gasteiger partial charge in [-0.05, 0) is 30.7 Å². The van der Waals surface area contributed by atoms with Gasteiger partial charge in [-0.15, -0.1) is 0 Å². The molecule has 0 aliphatic heterocycles. The van der Waals surface area contributed by atoms with Gasteiger partial charge in [0.25, 0.3) is 0 Å². The van der Waals surface area contributed by atoms with E-state index >= 15 is 0 Å². The van der Waals surface area contributed by atoms with E-state index in [9.17, 15) is 9.18 Å². The highest BCUT2D eigenvalue weighted by atomic mass is 19.1. The predicted molar refractivity (Wildman–Crippen MR) is 78.1 cm³/mol. The summed E-state index contributed by atoms with van der Waals surface area (Å²) in [5.41, 5.74) is 2.30. The van der Waals surface area contributed by atoms with E-state index in [1.165, 1.54) is 11.0 Å². The number of carbonyl (C=O) groups excluding carboxylic acids is 1. The number of anilines is 1. The summed E-state index contributed by atoms with van der Waals surface area (Å²) in [5, 5.41) is 2.79. The highest BCUT2D eigenvalue weighted by molar-refractivity contribution is 5.89. The molecule has 0 heterocycles. The zero-order valence-corrected chi connectivity index (χ0v) is 11.6. The summed E-state index contributed by atoms with van der Waals surface area (Å²) in [4.78, 5) is 13.5. The van der Waals surface area contributed by atoms with Crippen molar-refractivity contribution in [1.82, 2.24) is 4.90 Å². The molecule has 0 radical (unpaired) electrons. The summed E-state index contributed by atoms with van der Waals surface area (Å²) >= 11 is 0. The monoisotopic (exact) mass is 272 g/mol. The van der Waals surface area contributed by atoms with Crippen molar-refractivity contribution in [3.63, 3.8) is 0 Å². The van der Waals surface area contributed by atoms with Gasteiger partial charge in [-0.25, -0.2) is 9.18 Å². The van der Waals surface area contributed by atoms with Crippen LogP contribution < -0.4 is 5.32 Å². The number of carbonyl (C=O) groups is 1. The number of rotatable bonds is 3. The number of amides is 2. The molecule has 2 amide bonds.